The van der Waals surface area contributed by atoms with E-state index >= 15 is 0 Å². The molecule has 1 aliphatic rings. The van der Waals surface area contributed by atoms with E-state index in [4.69, 9.17) is 0 Å². The van der Waals surface area contributed by atoms with Crippen LogP contribution in [0, 0.1) is 5.82 Å². The van der Waals surface area contributed by atoms with Gasteiger partial charge < -0.3 is 0 Å². The first-order chi connectivity index (χ1) is 6.20. The molecule has 0 aromatic heterocycles. The molecular formula is C9H6BrFOS. The summed E-state index contributed by atoms with van der Waals surface area (Å²) in [6.07, 6.45) is 0. The van der Waals surface area contributed by atoms with Crippen LogP contribution in [-0.2, 0) is 5.75 Å². The Morgan fingerprint density at radius 1 is 1.38 bits per heavy atom. The lowest BCUT2D eigenvalue weighted by molar-refractivity contribution is 0.102. The first kappa shape index (κ1) is 9.21. The van der Waals surface area contributed by atoms with Crippen LogP contribution in [0.15, 0.2) is 16.6 Å². The zero-order chi connectivity index (χ0) is 9.42. The molecule has 0 saturated carbocycles. The van der Waals surface area contributed by atoms with Gasteiger partial charge in [-0.05, 0) is 33.6 Å². The van der Waals surface area contributed by atoms with Crippen molar-refractivity contribution in [1.29, 1.82) is 0 Å². The molecule has 68 valence electrons. The lowest BCUT2D eigenvalue weighted by Crippen LogP contribution is -2.12. The molecule has 1 nitrogen and oxygen atoms in total. The number of fused-ring (bicyclic) bond motifs is 1. The second-order valence-electron chi connectivity index (χ2n) is 2.80. The Morgan fingerprint density at radius 2 is 2.15 bits per heavy atom. The molecule has 4 heteroatoms. The van der Waals surface area contributed by atoms with Crippen LogP contribution < -0.4 is 0 Å². The third kappa shape index (κ3) is 1.53. The Kier molecular flexibility index (Phi) is 2.43. The van der Waals surface area contributed by atoms with Gasteiger partial charge in [0.25, 0.3) is 0 Å². The van der Waals surface area contributed by atoms with Gasteiger partial charge in [-0.3, -0.25) is 4.79 Å². The van der Waals surface area contributed by atoms with Crippen LogP contribution in [0.5, 0.6) is 0 Å². The monoisotopic (exact) mass is 260 g/mol. The van der Waals surface area contributed by atoms with Crippen molar-refractivity contribution in [3.8, 4) is 0 Å². The van der Waals surface area contributed by atoms with E-state index in [2.05, 4.69) is 15.9 Å². The van der Waals surface area contributed by atoms with Gasteiger partial charge in [0.2, 0.25) is 0 Å². The molecule has 0 unspecified atom stereocenters. The predicted octanol–water partition coefficient (Wildman–Crippen LogP) is 3.02. The van der Waals surface area contributed by atoms with Gasteiger partial charge in [0.1, 0.15) is 5.82 Å². The Morgan fingerprint density at radius 3 is 2.92 bits per heavy atom. The van der Waals surface area contributed by atoms with Gasteiger partial charge >= 0.3 is 0 Å². The van der Waals surface area contributed by atoms with Crippen molar-refractivity contribution in [3.63, 3.8) is 0 Å². The Labute approximate surface area is 87.8 Å². The van der Waals surface area contributed by atoms with Crippen molar-refractivity contribution in [2.75, 3.05) is 5.75 Å². The second kappa shape index (κ2) is 3.42. The van der Waals surface area contributed by atoms with E-state index in [0.29, 0.717) is 21.5 Å². The first-order valence-corrected chi connectivity index (χ1v) is 5.72. The number of Topliss-reactive ketones (excluding diaryl/α,β-unsaturated/α-hetero) is 1. The SMILES string of the molecule is O=C1CSCc2c1ccc(F)c2Br. The van der Waals surface area contributed by atoms with Gasteiger partial charge in [0.05, 0.1) is 10.2 Å². The third-order valence-corrected chi connectivity index (χ3v) is 3.79. The summed E-state index contributed by atoms with van der Waals surface area (Å²) >= 11 is 4.68. The van der Waals surface area contributed by atoms with Crippen LogP contribution in [0.25, 0.3) is 0 Å². The normalized spacial score (nSPS) is 15.7. The van der Waals surface area contributed by atoms with Crippen molar-refractivity contribution in [1.82, 2.24) is 0 Å². The summed E-state index contributed by atoms with van der Waals surface area (Å²) in [4.78, 5) is 11.4. The third-order valence-electron chi connectivity index (χ3n) is 1.98. The Balaban J connectivity index is 2.63. The molecule has 0 aliphatic carbocycles. The van der Waals surface area contributed by atoms with E-state index in [1.807, 2.05) is 0 Å². The largest absolute Gasteiger partial charge is 0.293 e. The number of carbonyl (C=O) groups is 1. The van der Waals surface area contributed by atoms with Gasteiger partial charge in [0.15, 0.2) is 5.78 Å². The maximum absolute atomic E-state index is 13.1. The van der Waals surface area contributed by atoms with Crippen LogP contribution in [-0.4, -0.2) is 11.5 Å². The molecule has 13 heavy (non-hydrogen) atoms. The fraction of sp³-hybridized carbons (Fsp3) is 0.222. The van der Waals surface area contributed by atoms with Crippen LogP contribution in [0.4, 0.5) is 4.39 Å². The maximum Gasteiger partial charge on any atom is 0.173 e. The van der Waals surface area contributed by atoms with E-state index in [1.54, 1.807) is 6.07 Å². The highest BCUT2D eigenvalue weighted by Crippen LogP contribution is 2.32. The summed E-state index contributed by atoms with van der Waals surface area (Å²) in [6, 6.07) is 2.90. The molecular weight excluding hydrogens is 255 g/mol. The average Bonchev–Trinajstić information content (AvgIpc) is 2.12. The molecule has 1 aliphatic heterocycles. The first-order valence-electron chi connectivity index (χ1n) is 3.78. The molecule has 0 radical (unpaired) electrons. The molecule has 2 rings (SSSR count). The Hall–Kier alpha value is -0.350. The maximum atomic E-state index is 13.1. The van der Waals surface area contributed by atoms with Crippen molar-refractivity contribution in [3.05, 3.63) is 33.5 Å². The highest BCUT2D eigenvalue weighted by Gasteiger charge is 2.20. The molecule has 0 spiro atoms. The van der Waals surface area contributed by atoms with Crippen LogP contribution in [0.1, 0.15) is 15.9 Å². The zero-order valence-corrected chi connectivity index (χ0v) is 9.04. The van der Waals surface area contributed by atoms with E-state index in [9.17, 15) is 9.18 Å². The van der Waals surface area contributed by atoms with Gasteiger partial charge in [0, 0.05) is 11.3 Å². The van der Waals surface area contributed by atoms with Crippen molar-refractivity contribution >= 4 is 33.5 Å². The van der Waals surface area contributed by atoms with Gasteiger partial charge in [-0.25, -0.2) is 4.39 Å². The summed E-state index contributed by atoms with van der Waals surface area (Å²) in [5.41, 5.74) is 1.45. The number of benzene rings is 1. The number of rotatable bonds is 0. The quantitative estimate of drug-likeness (QED) is 0.714. The molecule has 1 heterocycles. The fourth-order valence-corrected chi connectivity index (χ4v) is 2.94. The van der Waals surface area contributed by atoms with E-state index in [-0.39, 0.29) is 11.6 Å². The minimum Gasteiger partial charge on any atom is -0.293 e. The minimum absolute atomic E-state index is 0.0898. The smallest absolute Gasteiger partial charge is 0.173 e. The summed E-state index contributed by atoms with van der Waals surface area (Å²) in [5, 5.41) is 0. The molecule has 0 bridgehead atoms. The number of ketones is 1. The molecule has 0 saturated heterocycles. The van der Waals surface area contributed by atoms with E-state index < -0.39 is 0 Å². The molecule has 1 aromatic rings. The van der Waals surface area contributed by atoms with Crippen LogP contribution >= 0.6 is 27.7 Å². The lowest BCUT2D eigenvalue weighted by Gasteiger charge is -2.15. The molecule has 0 fully saturated rings. The fourth-order valence-electron chi connectivity index (χ4n) is 1.32. The number of halogens is 2. The highest BCUT2D eigenvalue weighted by molar-refractivity contribution is 9.10. The van der Waals surface area contributed by atoms with E-state index in [1.165, 1.54) is 17.8 Å². The second-order valence-corrected chi connectivity index (χ2v) is 4.58. The van der Waals surface area contributed by atoms with Crippen molar-refractivity contribution in [2.24, 2.45) is 0 Å². The van der Waals surface area contributed by atoms with Gasteiger partial charge in [-0.2, -0.15) is 0 Å². The summed E-state index contributed by atoms with van der Waals surface area (Å²) in [7, 11) is 0. The molecule has 0 N–H and O–H groups in total. The molecule has 0 atom stereocenters. The van der Waals surface area contributed by atoms with Crippen LogP contribution in [0.2, 0.25) is 0 Å². The minimum atomic E-state index is -0.297. The molecule has 1 aromatic carbocycles. The predicted molar refractivity (Wildman–Crippen MR) is 54.6 cm³/mol. The highest BCUT2D eigenvalue weighted by atomic mass is 79.9. The van der Waals surface area contributed by atoms with Gasteiger partial charge in [-0.1, -0.05) is 0 Å². The number of hydrogen-bond donors (Lipinski definition) is 0. The zero-order valence-electron chi connectivity index (χ0n) is 6.64. The summed E-state index contributed by atoms with van der Waals surface area (Å²) < 4.78 is 13.5. The lowest BCUT2D eigenvalue weighted by atomic mass is 10.1. The van der Waals surface area contributed by atoms with Crippen molar-refractivity contribution < 1.29 is 9.18 Å². The number of carbonyl (C=O) groups excluding carboxylic acids is 1. The van der Waals surface area contributed by atoms with Crippen LogP contribution in [0.3, 0.4) is 0 Å². The van der Waals surface area contributed by atoms with Gasteiger partial charge in [-0.15, -0.1) is 11.8 Å². The standard InChI is InChI=1S/C9H6BrFOS/c10-9-6-3-13-4-8(12)5(6)1-2-7(9)11/h1-2H,3-4H2. The topological polar surface area (TPSA) is 17.1 Å². The number of thioether (sulfide) groups is 1. The number of hydrogen-bond acceptors (Lipinski definition) is 2. The molecule has 0 amide bonds. The van der Waals surface area contributed by atoms with Crippen molar-refractivity contribution in [2.45, 2.75) is 5.75 Å². The van der Waals surface area contributed by atoms with E-state index in [0.717, 1.165) is 5.56 Å². The summed E-state index contributed by atoms with van der Waals surface area (Å²) in [5.74, 6) is 1.01. The Bertz CT molecular complexity index is 378. The average molecular weight is 261 g/mol. The summed E-state index contributed by atoms with van der Waals surface area (Å²) in [6.45, 7) is 0.